The van der Waals surface area contributed by atoms with Gasteiger partial charge in [-0.3, -0.25) is 4.79 Å². The van der Waals surface area contributed by atoms with Gasteiger partial charge in [0.2, 0.25) is 0 Å². The lowest BCUT2D eigenvalue weighted by atomic mass is 10.0. The van der Waals surface area contributed by atoms with E-state index < -0.39 is 16.3 Å². The average Bonchev–Trinajstić information content (AvgIpc) is 3.14. The second kappa shape index (κ2) is 8.94. The van der Waals surface area contributed by atoms with Crippen LogP contribution in [-0.2, 0) is 26.2 Å². The first-order chi connectivity index (χ1) is 15.8. The van der Waals surface area contributed by atoms with Crippen LogP contribution in [0.25, 0.3) is 10.1 Å². The molecule has 1 atom stereocenters. The standard InChI is InChI=1S/C23H22BrClN2O4S2/c1-14-19-11-17(25)3-5-21(19)32-23(14)33(29,30)26-8-6-18(7-9-26)27-20-4-2-16(24)10-15(20)13-31-22(27)12-28/h2-5,10-12,18,22H,6-9,13H2,1H3. The number of benzene rings is 2. The zero-order valence-electron chi connectivity index (χ0n) is 17.8. The lowest BCUT2D eigenvalue weighted by molar-refractivity contribution is -0.120. The summed E-state index contributed by atoms with van der Waals surface area (Å²) >= 11 is 10.9. The van der Waals surface area contributed by atoms with Gasteiger partial charge in [-0.25, -0.2) is 8.42 Å². The zero-order chi connectivity index (χ0) is 23.3. The number of anilines is 1. The van der Waals surface area contributed by atoms with Crippen LogP contribution >= 0.6 is 38.9 Å². The third kappa shape index (κ3) is 4.13. The van der Waals surface area contributed by atoms with Gasteiger partial charge in [-0.05, 0) is 67.1 Å². The minimum absolute atomic E-state index is 0.00851. The minimum atomic E-state index is -3.62. The number of aryl methyl sites for hydroxylation is 1. The van der Waals surface area contributed by atoms with Crippen LogP contribution in [0.1, 0.15) is 24.0 Å². The Morgan fingerprint density at radius 1 is 1.18 bits per heavy atom. The van der Waals surface area contributed by atoms with Gasteiger partial charge >= 0.3 is 0 Å². The summed E-state index contributed by atoms with van der Waals surface area (Å²) in [6.07, 6.45) is 1.37. The monoisotopic (exact) mass is 568 g/mol. The largest absolute Gasteiger partial charge is 0.346 e. The van der Waals surface area contributed by atoms with Crippen LogP contribution in [0.3, 0.4) is 0 Å². The topological polar surface area (TPSA) is 66.9 Å². The highest BCUT2D eigenvalue weighted by molar-refractivity contribution is 9.10. The summed E-state index contributed by atoms with van der Waals surface area (Å²) in [6.45, 7) is 2.98. The van der Waals surface area contributed by atoms with Gasteiger partial charge in [-0.2, -0.15) is 4.31 Å². The maximum atomic E-state index is 13.5. The van der Waals surface area contributed by atoms with E-state index in [2.05, 4.69) is 15.9 Å². The van der Waals surface area contributed by atoms with Crippen molar-refractivity contribution in [2.75, 3.05) is 18.0 Å². The molecule has 10 heteroatoms. The van der Waals surface area contributed by atoms with Gasteiger partial charge in [0.1, 0.15) is 4.21 Å². The third-order valence-corrected chi connectivity index (χ3v) is 10.9. The lowest BCUT2D eigenvalue weighted by Crippen LogP contribution is -2.53. The van der Waals surface area contributed by atoms with Gasteiger partial charge in [0, 0.05) is 44.6 Å². The van der Waals surface area contributed by atoms with E-state index in [9.17, 15) is 13.2 Å². The van der Waals surface area contributed by atoms with E-state index >= 15 is 0 Å². The number of halogens is 2. The van der Waals surface area contributed by atoms with Crippen LogP contribution in [0.2, 0.25) is 5.02 Å². The molecule has 0 radical (unpaired) electrons. The Balaban J connectivity index is 1.39. The van der Waals surface area contributed by atoms with Crippen molar-refractivity contribution < 1.29 is 17.9 Å². The quantitative estimate of drug-likeness (QED) is 0.397. The molecule has 0 aliphatic carbocycles. The highest BCUT2D eigenvalue weighted by atomic mass is 79.9. The molecule has 2 aliphatic rings. The highest BCUT2D eigenvalue weighted by Gasteiger charge is 2.38. The van der Waals surface area contributed by atoms with E-state index in [-0.39, 0.29) is 6.04 Å². The van der Waals surface area contributed by atoms with Crippen molar-refractivity contribution in [2.24, 2.45) is 0 Å². The summed E-state index contributed by atoms with van der Waals surface area (Å²) < 4.78 is 36.6. The molecule has 33 heavy (non-hydrogen) atoms. The molecular weight excluding hydrogens is 548 g/mol. The second-order valence-electron chi connectivity index (χ2n) is 8.31. The molecule has 0 amide bonds. The Morgan fingerprint density at radius 3 is 2.67 bits per heavy atom. The van der Waals surface area contributed by atoms with Gasteiger partial charge < -0.3 is 9.64 Å². The van der Waals surface area contributed by atoms with Crippen molar-refractivity contribution in [3.8, 4) is 0 Å². The number of ether oxygens (including phenoxy) is 1. The molecule has 1 fully saturated rings. The van der Waals surface area contributed by atoms with Crippen molar-refractivity contribution in [1.29, 1.82) is 0 Å². The first-order valence-corrected chi connectivity index (χ1v) is 14.0. The smallest absolute Gasteiger partial charge is 0.252 e. The molecule has 6 nitrogen and oxygen atoms in total. The molecule has 3 aromatic rings. The van der Waals surface area contributed by atoms with Crippen LogP contribution in [0, 0.1) is 6.92 Å². The van der Waals surface area contributed by atoms with E-state index in [1.54, 1.807) is 10.4 Å². The van der Waals surface area contributed by atoms with E-state index in [0.717, 1.165) is 37.7 Å². The number of hydrogen-bond acceptors (Lipinski definition) is 6. The van der Waals surface area contributed by atoms with Crippen molar-refractivity contribution in [2.45, 2.75) is 42.9 Å². The van der Waals surface area contributed by atoms with E-state index in [1.165, 1.54) is 11.3 Å². The fourth-order valence-corrected chi connectivity index (χ4v) is 8.65. The lowest BCUT2D eigenvalue weighted by Gasteiger charge is -2.44. The Bertz CT molecular complexity index is 1340. The first kappa shape index (κ1) is 23.3. The fraction of sp³-hybridized carbons (Fsp3) is 0.348. The number of sulfonamides is 1. The van der Waals surface area contributed by atoms with Crippen LogP contribution in [0.15, 0.2) is 45.1 Å². The predicted molar refractivity (Wildman–Crippen MR) is 135 cm³/mol. The number of piperidine rings is 1. The van der Waals surface area contributed by atoms with Gasteiger partial charge in [-0.15, -0.1) is 11.3 Å². The minimum Gasteiger partial charge on any atom is -0.346 e. The average molecular weight is 570 g/mol. The number of hydrogen-bond donors (Lipinski definition) is 0. The van der Waals surface area contributed by atoms with Gasteiger partial charge in [-0.1, -0.05) is 27.5 Å². The van der Waals surface area contributed by atoms with Crippen LogP contribution in [0.5, 0.6) is 0 Å². The molecule has 0 N–H and O–H groups in total. The van der Waals surface area contributed by atoms with Crippen molar-refractivity contribution in [1.82, 2.24) is 4.31 Å². The van der Waals surface area contributed by atoms with Gasteiger partial charge in [0.05, 0.1) is 6.61 Å². The molecule has 0 spiro atoms. The van der Waals surface area contributed by atoms with Crippen molar-refractivity contribution in [3.63, 3.8) is 0 Å². The summed E-state index contributed by atoms with van der Waals surface area (Å²) in [5.41, 5.74) is 2.72. The normalized spacial score (nSPS) is 20.2. The first-order valence-electron chi connectivity index (χ1n) is 10.6. The number of fused-ring (bicyclic) bond motifs is 2. The number of nitrogens with zero attached hydrogens (tertiary/aromatic N) is 2. The van der Waals surface area contributed by atoms with Crippen LogP contribution in [0.4, 0.5) is 5.69 Å². The number of rotatable bonds is 4. The summed E-state index contributed by atoms with van der Waals surface area (Å²) in [7, 11) is -3.62. The molecule has 174 valence electrons. The Kier molecular flexibility index (Phi) is 6.30. The Morgan fingerprint density at radius 2 is 1.94 bits per heavy atom. The summed E-state index contributed by atoms with van der Waals surface area (Å²) in [6, 6.07) is 11.4. The molecule has 1 aromatic heterocycles. The predicted octanol–water partition coefficient (Wildman–Crippen LogP) is 5.34. The molecular formula is C23H22BrClN2O4S2. The van der Waals surface area contributed by atoms with E-state index in [0.29, 0.717) is 41.8 Å². The summed E-state index contributed by atoms with van der Waals surface area (Å²) in [5.74, 6) is 0. The van der Waals surface area contributed by atoms with E-state index in [1.807, 2.05) is 42.2 Å². The summed E-state index contributed by atoms with van der Waals surface area (Å²) in [4.78, 5) is 13.8. The summed E-state index contributed by atoms with van der Waals surface area (Å²) in [5, 5.41) is 1.47. The van der Waals surface area contributed by atoms with E-state index in [4.69, 9.17) is 16.3 Å². The van der Waals surface area contributed by atoms with Crippen LogP contribution < -0.4 is 4.90 Å². The molecule has 1 unspecified atom stereocenters. The molecule has 0 bridgehead atoms. The van der Waals surface area contributed by atoms with Crippen molar-refractivity contribution >= 4 is 71.0 Å². The molecule has 1 saturated heterocycles. The maximum absolute atomic E-state index is 13.5. The number of thiophene rings is 1. The highest BCUT2D eigenvalue weighted by Crippen LogP contribution is 2.39. The van der Waals surface area contributed by atoms with Gasteiger partial charge in [0.15, 0.2) is 12.5 Å². The number of aldehydes is 1. The molecule has 5 rings (SSSR count). The zero-order valence-corrected chi connectivity index (χ0v) is 21.8. The fourth-order valence-electron chi connectivity index (χ4n) is 4.72. The SMILES string of the molecule is Cc1c(S(=O)(=O)N2CCC(N3c4ccc(Br)cc4COC3C=O)CC2)sc2ccc(Cl)cc12. The Hall–Kier alpha value is -1.49. The number of carbonyl (C=O) groups excluding carboxylic acids is 1. The Labute approximate surface area is 210 Å². The maximum Gasteiger partial charge on any atom is 0.252 e. The molecule has 2 aliphatic heterocycles. The number of carbonyl (C=O) groups is 1. The molecule has 2 aromatic carbocycles. The van der Waals surface area contributed by atoms with Crippen molar-refractivity contribution in [3.05, 3.63) is 57.0 Å². The second-order valence-corrected chi connectivity index (χ2v) is 12.8. The third-order valence-electron chi connectivity index (χ3n) is 6.37. The molecule has 3 heterocycles. The van der Waals surface area contributed by atoms with Gasteiger partial charge in [0.25, 0.3) is 10.0 Å². The molecule has 0 saturated carbocycles. The van der Waals surface area contributed by atoms with Crippen LogP contribution in [-0.4, -0.2) is 44.4 Å².